The van der Waals surface area contributed by atoms with Crippen LogP contribution in [0.2, 0.25) is 0 Å². The van der Waals surface area contributed by atoms with E-state index in [1.807, 2.05) is 0 Å². The van der Waals surface area contributed by atoms with Crippen LogP contribution in [0.1, 0.15) is 46.0 Å². The molecular weight excluding hydrogens is 232 g/mol. The second kappa shape index (κ2) is 7.36. The number of nitrogens with zero attached hydrogens (tertiary/aromatic N) is 1. The van der Waals surface area contributed by atoms with E-state index in [1.54, 1.807) is 0 Å². The largest absolute Gasteiger partial charge is 0.481 e. The van der Waals surface area contributed by atoms with Crippen molar-refractivity contribution in [3.05, 3.63) is 0 Å². The molecule has 0 aliphatic carbocycles. The van der Waals surface area contributed by atoms with Crippen molar-refractivity contribution in [2.24, 2.45) is 0 Å². The highest BCUT2D eigenvalue weighted by molar-refractivity contribution is 5.77. The zero-order chi connectivity index (χ0) is 13.5. The maximum Gasteiger partial charge on any atom is 0.303 e. The Morgan fingerprint density at radius 1 is 1.28 bits per heavy atom. The fourth-order valence-corrected chi connectivity index (χ4v) is 2.26. The smallest absolute Gasteiger partial charge is 0.303 e. The van der Waals surface area contributed by atoms with Gasteiger partial charge in [-0.2, -0.15) is 0 Å². The third-order valence-corrected chi connectivity index (χ3v) is 3.42. The molecule has 1 heterocycles. The van der Waals surface area contributed by atoms with Crippen LogP contribution in [-0.2, 0) is 9.59 Å². The van der Waals surface area contributed by atoms with Gasteiger partial charge >= 0.3 is 5.97 Å². The SMILES string of the molecule is CC(C)N1CCC(NC(=O)CCCC(=O)O)CC1. The van der Waals surface area contributed by atoms with Crippen LogP contribution in [0.15, 0.2) is 0 Å². The fraction of sp³-hybridized carbons (Fsp3) is 0.846. The molecule has 104 valence electrons. The molecule has 0 unspecified atom stereocenters. The maximum atomic E-state index is 11.6. The summed E-state index contributed by atoms with van der Waals surface area (Å²) in [6.07, 6.45) is 2.79. The van der Waals surface area contributed by atoms with Gasteiger partial charge in [-0.15, -0.1) is 0 Å². The predicted molar refractivity (Wildman–Crippen MR) is 69.4 cm³/mol. The van der Waals surface area contributed by atoms with Crippen molar-refractivity contribution in [1.29, 1.82) is 0 Å². The minimum absolute atomic E-state index is 0.0146. The van der Waals surface area contributed by atoms with Crippen molar-refractivity contribution in [2.75, 3.05) is 13.1 Å². The first-order chi connectivity index (χ1) is 8.49. The van der Waals surface area contributed by atoms with Crippen LogP contribution in [0.3, 0.4) is 0 Å². The van der Waals surface area contributed by atoms with Crippen LogP contribution < -0.4 is 5.32 Å². The number of carbonyl (C=O) groups excluding carboxylic acids is 1. The Hall–Kier alpha value is -1.10. The average molecular weight is 256 g/mol. The van der Waals surface area contributed by atoms with Crippen LogP contribution >= 0.6 is 0 Å². The van der Waals surface area contributed by atoms with Crippen LogP contribution in [0, 0.1) is 0 Å². The summed E-state index contributed by atoms with van der Waals surface area (Å²) in [7, 11) is 0. The van der Waals surface area contributed by atoms with Crippen molar-refractivity contribution in [3.63, 3.8) is 0 Å². The summed E-state index contributed by atoms with van der Waals surface area (Å²) in [5.74, 6) is -0.854. The van der Waals surface area contributed by atoms with Crippen molar-refractivity contribution in [3.8, 4) is 0 Å². The molecule has 0 saturated carbocycles. The van der Waals surface area contributed by atoms with E-state index in [2.05, 4.69) is 24.1 Å². The maximum absolute atomic E-state index is 11.6. The van der Waals surface area contributed by atoms with Crippen LogP contribution in [-0.4, -0.2) is 47.1 Å². The first kappa shape index (κ1) is 15.0. The van der Waals surface area contributed by atoms with Gasteiger partial charge in [0, 0.05) is 38.0 Å². The monoisotopic (exact) mass is 256 g/mol. The molecule has 0 atom stereocenters. The number of hydrogen-bond donors (Lipinski definition) is 2. The molecule has 1 aliphatic rings. The lowest BCUT2D eigenvalue weighted by atomic mass is 10.0. The molecule has 0 radical (unpaired) electrons. The molecule has 0 aromatic heterocycles. The molecule has 1 rings (SSSR count). The molecule has 0 aromatic carbocycles. The highest BCUT2D eigenvalue weighted by Gasteiger charge is 2.21. The number of carboxylic acids is 1. The minimum Gasteiger partial charge on any atom is -0.481 e. The summed E-state index contributed by atoms with van der Waals surface area (Å²) in [5.41, 5.74) is 0. The molecule has 2 N–H and O–H groups in total. The Kier molecular flexibility index (Phi) is 6.12. The number of nitrogens with one attached hydrogen (secondary N) is 1. The van der Waals surface area contributed by atoms with Gasteiger partial charge in [0.15, 0.2) is 0 Å². The van der Waals surface area contributed by atoms with Crippen molar-refractivity contribution in [2.45, 2.75) is 58.0 Å². The standard InChI is InChI=1S/C13H24N2O3/c1-10(2)15-8-6-11(7-9-15)14-12(16)4-3-5-13(17)18/h10-11H,3-9H2,1-2H3,(H,14,16)(H,17,18). The number of carboxylic acid groups (broad SMARTS) is 1. The van der Waals surface area contributed by atoms with Crippen molar-refractivity contribution in [1.82, 2.24) is 10.2 Å². The van der Waals surface area contributed by atoms with E-state index < -0.39 is 5.97 Å². The number of piperidine rings is 1. The number of amides is 1. The number of aliphatic carboxylic acids is 1. The molecule has 5 nitrogen and oxygen atoms in total. The molecular formula is C13H24N2O3. The number of rotatable bonds is 6. The Morgan fingerprint density at radius 3 is 2.39 bits per heavy atom. The Bertz CT molecular complexity index is 284. The van der Waals surface area contributed by atoms with Crippen molar-refractivity contribution < 1.29 is 14.7 Å². The third-order valence-electron chi connectivity index (χ3n) is 3.42. The molecule has 1 aliphatic heterocycles. The van der Waals surface area contributed by atoms with Crippen LogP contribution in [0.25, 0.3) is 0 Å². The molecule has 1 saturated heterocycles. The molecule has 5 heteroatoms. The lowest BCUT2D eigenvalue weighted by Gasteiger charge is -2.34. The molecule has 0 aromatic rings. The van der Waals surface area contributed by atoms with Gasteiger partial charge in [0.1, 0.15) is 0 Å². The Morgan fingerprint density at radius 2 is 1.89 bits per heavy atom. The molecule has 1 fully saturated rings. The summed E-state index contributed by atoms with van der Waals surface area (Å²) in [4.78, 5) is 24.3. The van der Waals surface area contributed by atoms with E-state index in [0.29, 0.717) is 18.9 Å². The zero-order valence-electron chi connectivity index (χ0n) is 11.3. The second-order valence-electron chi connectivity index (χ2n) is 5.22. The fourth-order valence-electron chi connectivity index (χ4n) is 2.26. The van der Waals surface area contributed by atoms with E-state index in [-0.39, 0.29) is 18.4 Å². The average Bonchev–Trinajstić information content (AvgIpc) is 2.29. The zero-order valence-corrected chi connectivity index (χ0v) is 11.3. The summed E-state index contributed by atoms with van der Waals surface area (Å²) in [6, 6.07) is 0.828. The summed E-state index contributed by atoms with van der Waals surface area (Å²) >= 11 is 0. The third kappa shape index (κ3) is 5.49. The number of likely N-dealkylation sites (tertiary alicyclic amines) is 1. The van der Waals surface area contributed by atoms with Gasteiger partial charge in [0.05, 0.1) is 0 Å². The van der Waals surface area contributed by atoms with Gasteiger partial charge in [-0.3, -0.25) is 9.59 Å². The normalized spacial score (nSPS) is 17.9. The minimum atomic E-state index is -0.840. The van der Waals surface area contributed by atoms with Gasteiger partial charge in [0.2, 0.25) is 5.91 Å². The highest BCUT2D eigenvalue weighted by Crippen LogP contribution is 2.13. The first-order valence-electron chi connectivity index (χ1n) is 6.74. The predicted octanol–water partition coefficient (Wildman–Crippen LogP) is 1.23. The highest BCUT2D eigenvalue weighted by atomic mass is 16.4. The van der Waals surface area contributed by atoms with Gasteiger partial charge in [-0.05, 0) is 33.1 Å². The molecule has 0 bridgehead atoms. The van der Waals surface area contributed by atoms with Gasteiger partial charge in [-0.25, -0.2) is 0 Å². The van der Waals surface area contributed by atoms with Crippen LogP contribution in [0.4, 0.5) is 0 Å². The topological polar surface area (TPSA) is 69.6 Å². The van der Waals surface area contributed by atoms with E-state index in [4.69, 9.17) is 5.11 Å². The van der Waals surface area contributed by atoms with E-state index in [9.17, 15) is 9.59 Å². The van der Waals surface area contributed by atoms with E-state index >= 15 is 0 Å². The van der Waals surface area contributed by atoms with Gasteiger partial charge in [-0.1, -0.05) is 0 Å². The van der Waals surface area contributed by atoms with E-state index in [0.717, 1.165) is 25.9 Å². The summed E-state index contributed by atoms with van der Waals surface area (Å²) in [6.45, 7) is 6.42. The Labute approximate surface area is 109 Å². The summed E-state index contributed by atoms with van der Waals surface area (Å²) < 4.78 is 0. The lowest BCUT2D eigenvalue weighted by Crippen LogP contribution is -2.46. The van der Waals surface area contributed by atoms with Gasteiger partial charge < -0.3 is 15.3 Å². The van der Waals surface area contributed by atoms with Crippen molar-refractivity contribution >= 4 is 11.9 Å². The molecule has 18 heavy (non-hydrogen) atoms. The second-order valence-corrected chi connectivity index (χ2v) is 5.22. The van der Waals surface area contributed by atoms with Crippen LogP contribution in [0.5, 0.6) is 0 Å². The van der Waals surface area contributed by atoms with E-state index in [1.165, 1.54) is 0 Å². The van der Waals surface area contributed by atoms with Gasteiger partial charge in [0.25, 0.3) is 0 Å². The number of carbonyl (C=O) groups is 2. The molecule has 0 spiro atoms. The number of hydrogen-bond acceptors (Lipinski definition) is 3. The molecule has 1 amide bonds. The summed E-state index contributed by atoms with van der Waals surface area (Å²) in [5, 5.41) is 11.5. The quantitative estimate of drug-likeness (QED) is 0.750. The lowest BCUT2D eigenvalue weighted by molar-refractivity contribution is -0.137. The Balaban J connectivity index is 2.16. The first-order valence-corrected chi connectivity index (χ1v) is 6.74.